The maximum atomic E-state index is 13.1. The van der Waals surface area contributed by atoms with Gasteiger partial charge in [-0.2, -0.15) is 0 Å². The van der Waals surface area contributed by atoms with Crippen LogP contribution in [-0.2, 0) is 7.05 Å². The highest BCUT2D eigenvalue weighted by Crippen LogP contribution is 2.40. The lowest BCUT2D eigenvalue weighted by atomic mass is 10.0. The highest BCUT2D eigenvalue weighted by molar-refractivity contribution is 6.29. The van der Waals surface area contributed by atoms with Crippen molar-refractivity contribution in [3.8, 4) is 17.4 Å². The molecule has 146 valence electrons. The Morgan fingerprint density at radius 2 is 1.81 bits per heavy atom. The monoisotopic (exact) mass is 401 g/mol. The van der Waals surface area contributed by atoms with Crippen LogP contribution >= 0.6 is 0 Å². The first-order valence-electron chi connectivity index (χ1n) is 9.65. The highest BCUT2D eigenvalue weighted by Gasteiger charge is 2.32. The molecule has 0 bridgehead atoms. The summed E-state index contributed by atoms with van der Waals surface area (Å²) in [6.45, 7) is 7.40. The largest absolute Gasteiger partial charge is 0.454 e. The SMILES string of the molecule is [C-]#[N+]/C(C#N)=C1\C(=C\c2cc3oc(-c4ccccc4)cc3n2C)C(=O)c2ccccc21. The summed E-state index contributed by atoms with van der Waals surface area (Å²) in [7, 11) is 1.90. The number of benzene rings is 2. The number of allylic oxidation sites excluding steroid dienone is 3. The molecule has 5 nitrogen and oxygen atoms in total. The topological polar surface area (TPSA) is 63.3 Å². The molecule has 2 aromatic heterocycles. The number of carbonyl (C=O) groups excluding carboxylic acids is 1. The van der Waals surface area contributed by atoms with E-state index in [2.05, 4.69) is 4.85 Å². The first kappa shape index (κ1) is 18.4. The van der Waals surface area contributed by atoms with Crippen LogP contribution in [0.5, 0.6) is 0 Å². The molecule has 5 rings (SSSR count). The van der Waals surface area contributed by atoms with E-state index in [1.807, 2.05) is 60.1 Å². The molecule has 0 unspecified atom stereocenters. The standard InChI is InChI=1S/C26H15N3O2/c1-28-21(15-27)25-18-10-6-7-11-19(18)26(30)20(25)12-17-13-24-22(29(17)2)14-23(31-24)16-8-4-3-5-9-16/h3-14H,2H3/b20-12-,25-21-. The second kappa shape index (κ2) is 7.02. The molecule has 31 heavy (non-hydrogen) atoms. The van der Waals surface area contributed by atoms with Crippen molar-refractivity contribution in [1.82, 2.24) is 4.57 Å². The van der Waals surface area contributed by atoms with Crippen LogP contribution in [0.4, 0.5) is 0 Å². The summed E-state index contributed by atoms with van der Waals surface area (Å²) in [6.07, 6.45) is 1.73. The van der Waals surface area contributed by atoms with Crippen molar-refractivity contribution in [2.45, 2.75) is 0 Å². The predicted octanol–water partition coefficient (Wildman–Crippen LogP) is 5.87. The quantitative estimate of drug-likeness (QED) is 0.240. The molecular formula is C26H15N3O2. The zero-order chi connectivity index (χ0) is 21.5. The molecule has 0 spiro atoms. The first-order valence-corrected chi connectivity index (χ1v) is 9.65. The molecule has 5 heteroatoms. The van der Waals surface area contributed by atoms with Gasteiger partial charge in [0.05, 0.1) is 18.2 Å². The molecule has 0 aliphatic heterocycles. The van der Waals surface area contributed by atoms with Gasteiger partial charge in [-0.05, 0) is 11.6 Å². The average Bonchev–Trinajstić information content (AvgIpc) is 3.43. The molecule has 0 atom stereocenters. The Balaban J connectivity index is 1.67. The van der Waals surface area contributed by atoms with Crippen LogP contribution in [0.15, 0.2) is 82.4 Å². The van der Waals surface area contributed by atoms with Gasteiger partial charge in [0.2, 0.25) is 0 Å². The number of furan rings is 1. The summed E-state index contributed by atoms with van der Waals surface area (Å²) in [4.78, 5) is 16.5. The normalized spacial score (nSPS) is 15.7. The molecule has 0 fully saturated rings. The highest BCUT2D eigenvalue weighted by atomic mass is 16.3. The number of aromatic nitrogens is 1. The molecule has 1 aliphatic carbocycles. The van der Waals surface area contributed by atoms with Gasteiger partial charge >= 0.3 is 0 Å². The molecule has 0 saturated heterocycles. The van der Waals surface area contributed by atoms with E-state index in [4.69, 9.17) is 11.0 Å². The molecule has 4 aromatic rings. The van der Waals surface area contributed by atoms with Gasteiger partial charge in [-0.1, -0.05) is 54.6 Å². The van der Waals surface area contributed by atoms with Gasteiger partial charge in [-0.15, -0.1) is 0 Å². The second-order valence-corrected chi connectivity index (χ2v) is 7.23. The van der Waals surface area contributed by atoms with E-state index >= 15 is 0 Å². The lowest BCUT2D eigenvalue weighted by molar-refractivity contribution is 0.104. The van der Waals surface area contributed by atoms with Gasteiger partial charge in [-0.3, -0.25) is 4.79 Å². The third-order valence-corrected chi connectivity index (χ3v) is 5.53. The number of carbonyl (C=O) groups is 1. The fraction of sp³-hybridized carbons (Fsp3) is 0.0385. The van der Waals surface area contributed by atoms with E-state index in [1.165, 1.54) is 0 Å². The van der Waals surface area contributed by atoms with Crippen molar-refractivity contribution in [3.05, 3.63) is 106 Å². The minimum Gasteiger partial charge on any atom is -0.454 e. The van der Waals surface area contributed by atoms with Crippen LogP contribution in [0, 0.1) is 17.9 Å². The number of hydrogen-bond donors (Lipinski definition) is 0. The van der Waals surface area contributed by atoms with Gasteiger partial charge in [0.1, 0.15) is 5.76 Å². The summed E-state index contributed by atoms with van der Waals surface area (Å²) in [5.41, 5.74) is 5.11. The smallest absolute Gasteiger partial charge is 0.270 e. The van der Waals surface area contributed by atoms with Crippen LogP contribution in [-0.4, -0.2) is 10.4 Å². The Labute approximate surface area is 178 Å². The summed E-state index contributed by atoms with van der Waals surface area (Å²) in [5, 5.41) is 9.48. The fourth-order valence-electron chi connectivity index (χ4n) is 3.99. The third-order valence-electron chi connectivity index (χ3n) is 5.53. The zero-order valence-corrected chi connectivity index (χ0v) is 16.6. The van der Waals surface area contributed by atoms with Gasteiger partial charge in [0.25, 0.3) is 5.70 Å². The van der Waals surface area contributed by atoms with Gasteiger partial charge < -0.3 is 8.98 Å². The van der Waals surface area contributed by atoms with Crippen LogP contribution in [0.2, 0.25) is 0 Å². The lowest BCUT2D eigenvalue weighted by Crippen LogP contribution is -1.98. The number of fused-ring (bicyclic) bond motifs is 2. The van der Waals surface area contributed by atoms with E-state index < -0.39 is 0 Å². The second-order valence-electron chi connectivity index (χ2n) is 7.23. The van der Waals surface area contributed by atoms with Gasteiger partial charge in [0.15, 0.2) is 11.4 Å². The molecule has 2 heterocycles. The van der Waals surface area contributed by atoms with E-state index in [-0.39, 0.29) is 11.5 Å². The summed E-state index contributed by atoms with van der Waals surface area (Å²) >= 11 is 0. The fourth-order valence-corrected chi connectivity index (χ4v) is 3.99. The minimum absolute atomic E-state index is 0.0891. The van der Waals surface area contributed by atoms with E-state index in [9.17, 15) is 10.1 Å². The Morgan fingerprint density at radius 3 is 2.48 bits per heavy atom. The van der Waals surface area contributed by atoms with E-state index in [1.54, 1.807) is 30.3 Å². The van der Waals surface area contributed by atoms with Crippen molar-refractivity contribution in [3.63, 3.8) is 0 Å². The summed E-state index contributed by atoms with van der Waals surface area (Å²) in [6, 6.07) is 22.7. The first-order chi connectivity index (χ1) is 15.1. The Kier molecular flexibility index (Phi) is 4.17. The maximum Gasteiger partial charge on any atom is 0.270 e. The Hall–Kier alpha value is -4.61. The third kappa shape index (κ3) is 2.80. The zero-order valence-electron chi connectivity index (χ0n) is 16.6. The maximum absolute atomic E-state index is 13.1. The van der Waals surface area contributed by atoms with E-state index in [0.29, 0.717) is 27.9 Å². The van der Waals surface area contributed by atoms with E-state index in [0.717, 1.165) is 22.5 Å². The van der Waals surface area contributed by atoms with Crippen molar-refractivity contribution >= 4 is 28.5 Å². The van der Waals surface area contributed by atoms with Crippen molar-refractivity contribution in [2.75, 3.05) is 0 Å². The Bertz CT molecular complexity index is 1500. The summed E-state index contributed by atoms with van der Waals surface area (Å²) < 4.78 is 7.98. The number of nitrogens with zero attached hydrogens (tertiary/aromatic N) is 3. The van der Waals surface area contributed by atoms with Gasteiger partial charge in [0, 0.05) is 47.1 Å². The number of rotatable bonds is 2. The molecule has 0 amide bonds. The van der Waals surface area contributed by atoms with Crippen molar-refractivity contribution in [2.24, 2.45) is 7.05 Å². The lowest BCUT2D eigenvalue weighted by Gasteiger charge is -2.04. The molecule has 1 aliphatic rings. The number of nitriles is 1. The number of aryl methyl sites for hydroxylation is 1. The van der Waals surface area contributed by atoms with Crippen molar-refractivity contribution < 1.29 is 9.21 Å². The number of hydrogen-bond acceptors (Lipinski definition) is 3. The number of Topliss-reactive ketones (excluding diaryl/α,β-unsaturated/α-hetero) is 1. The molecular weight excluding hydrogens is 386 g/mol. The van der Waals surface area contributed by atoms with Crippen LogP contribution < -0.4 is 0 Å². The average molecular weight is 401 g/mol. The predicted molar refractivity (Wildman–Crippen MR) is 119 cm³/mol. The summed E-state index contributed by atoms with van der Waals surface area (Å²) in [5.74, 6) is 0.579. The molecule has 0 N–H and O–H groups in total. The molecule has 0 radical (unpaired) electrons. The van der Waals surface area contributed by atoms with Crippen LogP contribution in [0.3, 0.4) is 0 Å². The van der Waals surface area contributed by atoms with Crippen molar-refractivity contribution in [1.29, 1.82) is 5.26 Å². The van der Waals surface area contributed by atoms with Crippen LogP contribution in [0.1, 0.15) is 21.6 Å². The van der Waals surface area contributed by atoms with Crippen LogP contribution in [0.25, 0.3) is 38.9 Å². The van der Waals surface area contributed by atoms with Gasteiger partial charge in [-0.25, -0.2) is 10.1 Å². The molecule has 0 saturated carbocycles. The number of ketones is 1. The molecule has 2 aromatic carbocycles. The Morgan fingerprint density at radius 1 is 1.10 bits per heavy atom. The minimum atomic E-state index is -0.190.